The maximum Gasteiger partial charge on any atom is 0.144 e. The highest BCUT2D eigenvalue weighted by Gasteiger charge is 2.57. The van der Waals surface area contributed by atoms with Crippen LogP contribution in [0, 0.1) is 23.7 Å². The summed E-state index contributed by atoms with van der Waals surface area (Å²) in [5.41, 5.74) is 0. The Kier molecular flexibility index (Phi) is 1.12. The van der Waals surface area contributed by atoms with Gasteiger partial charge in [0.1, 0.15) is 11.6 Å². The topological polar surface area (TPSA) is 34.1 Å². The molecule has 0 spiro atoms. The quantitative estimate of drug-likeness (QED) is 0.504. The predicted molar refractivity (Wildman–Crippen MR) is 42.4 cm³/mol. The molecule has 64 valence electrons. The van der Waals surface area contributed by atoms with Crippen molar-refractivity contribution >= 4 is 11.6 Å². The number of carbonyl (C=O) groups excluding carboxylic acids is 2. The van der Waals surface area contributed by atoms with Gasteiger partial charge in [0, 0.05) is 11.8 Å². The molecular weight excluding hydrogens is 152 g/mol. The van der Waals surface area contributed by atoms with Crippen LogP contribution >= 0.6 is 0 Å². The minimum atomic E-state index is 0.163. The lowest BCUT2D eigenvalue weighted by Crippen LogP contribution is -2.24. The highest BCUT2D eigenvalue weighted by atomic mass is 16.2. The van der Waals surface area contributed by atoms with E-state index in [9.17, 15) is 9.59 Å². The average Bonchev–Trinajstić information content (AvgIpc) is 2.64. The van der Waals surface area contributed by atoms with E-state index in [2.05, 4.69) is 0 Å². The summed E-state index contributed by atoms with van der Waals surface area (Å²) in [6.07, 6.45) is 3.81. The molecule has 3 saturated carbocycles. The molecule has 0 aromatic rings. The molecule has 0 aromatic carbocycles. The van der Waals surface area contributed by atoms with Crippen molar-refractivity contribution in [1.82, 2.24) is 0 Å². The van der Waals surface area contributed by atoms with Gasteiger partial charge >= 0.3 is 0 Å². The maximum absolute atomic E-state index is 11.4. The first-order valence-electron chi connectivity index (χ1n) is 4.83. The lowest BCUT2D eigenvalue weighted by molar-refractivity contribution is -0.123. The Labute approximate surface area is 71.3 Å². The summed E-state index contributed by atoms with van der Waals surface area (Å²) in [4.78, 5) is 22.9. The standard InChI is InChI=1S/C10H12O2/c11-7-4-8(12)10-6-2-1-5(3-6)9(7)10/h5-6,9-10H,1-4H2/t5-,6+,9?,10?. The van der Waals surface area contributed by atoms with E-state index < -0.39 is 0 Å². The van der Waals surface area contributed by atoms with Crippen molar-refractivity contribution in [2.45, 2.75) is 25.7 Å². The molecule has 2 heteroatoms. The number of carbonyl (C=O) groups is 2. The van der Waals surface area contributed by atoms with Crippen molar-refractivity contribution in [3.63, 3.8) is 0 Å². The van der Waals surface area contributed by atoms with Gasteiger partial charge in [-0.3, -0.25) is 9.59 Å². The van der Waals surface area contributed by atoms with Gasteiger partial charge in [0.15, 0.2) is 0 Å². The van der Waals surface area contributed by atoms with E-state index in [1.165, 1.54) is 12.8 Å². The number of hydrogen-bond acceptors (Lipinski definition) is 2. The summed E-state index contributed by atoms with van der Waals surface area (Å²) in [6, 6.07) is 0. The summed E-state index contributed by atoms with van der Waals surface area (Å²) in [7, 11) is 0. The van der Waals surface area contributed by atoms with Gasteiger partial charge in [0.2, 0.25) is 0 Å². The summed E-state index contributed by atoms with van der Waals surface area (Å²) < 4.78 is 0. The van der Waals surface area contributed by atoms with Crippen LogP contribution in [0.25, 0.3) is 0 Å². The zero-order chi connectivity index (χ0) is 8.29. The Balaban J connectivity index is 2.03. The molecule has 4 atom stereocenters. The molecule has 0 heterocycles. The highest BCUT2D eigenvalue weighted by Crippen LogP contribution is 2.55. The molecule has 3 aliphatic carbocycles. The van der Waals surface area contributed by atoms with Crippen molar-refractivity contribution in [2.75, 3.05) is 0 Å². The Hall–Kier alpha value is -0.660. The van der Waals surface area contributed by atoms with Crippen LogP contribution in [0.4, 0.5) is 0 Å². The van der Waals surface area contributed by atoms with Crippen LogP contribution in [-0.4, -0.2) is 11.6 Å². The Morgan fingerprint density at radius 2 is 1.42 bits per heavy atom. The fraction of sp³-hybridized carbons (Fsp3) is 0.800. The molecule has 0 aromatic heterocycles. The van der Waals surface area contributed by atoms with Crippen LogP contribution in [-0.2, 0) is 9.59 Å². The second-order valence-electron chi connectivity index (χ2n) is 4.49. The molecule has 3 rings (SSSR count). The van der Waals surface area contributed by atoms with Crippen LogP contribution in [0.5, 0.6) is 0 Å². The van der Waals surface area contributed by atoms with E-state index in [-0.39, 0.29) is 29.8 Å². The molecule has 2 unspecified atom stereocenters. The van der Waals surface area contributed by atoms with Crippen LogP contribution in [0.15, 0.2) is 0 Å². The second-order valence-corrected chi connectivity index (χ2v) is 4.49. The van der Waals surface area contributed by atoms with Crippen LogP contribution in [0.2, 0.25) is 0 Å². The van der Waals surface area contributed by atoms with E-state index in [1.807, 2.05) is 0 Å². The SMILES string of the molecule is O=C1CC(=O)C2C1[C@@H]1CC[C@H]2C1. The van der Waals surface area contributed by atoms with Crippen molar-refractivity contribution in [3.8, 4) is 0 Å². The monoisotopic (exact) mass is 164 g/mol. The Morgan fingerprint density at radius 3 is 1.92 bits per heavy atom. The molecule has 0 saturated heterocycles. The number of hydrogen-bond donors (Lipinski definition) is 0. The number of rotatable bonds is 0. The Morgan fingerprint density at radius 1 is 0.917 bits per heavy atom. The van der Waals surface area contributed by atoms with Gasteiger partial charge < -0.3 is 0 Å². The zero-order valence-electron chi connectivity index (χ0n) is 6.95. The molecule has 0 amide bonds. The van der Waals surface area contributed by atoms with Gasteiger partial charge in [0.25, 0.3) is 0 Å². The summed E-state index contributed by atoms with van der Waals surface area (Å²) >= 11 is 0. The molecule has 0 N–H and O–H groups in total. The zero-order valence-corrected chi connectivity index (χ0v) is 6.95. The second kappa shape index (κ2) is 1.98. The lowest BCUT2D eigenvalue weighted by atomic mass is 9.81. The van der Waals surface area contributed by atoms with E-state index in [0.29, 0.717) is 11.8 Å². The van der Waals surface area contributed by atoms with Crippen LogP contribution in [0.3, 0.4) is 0 Å². The molecule has 12 heavy (non-hydrogen) atoms. The number of fused-ring (bicyclic) bond motifs is 5. The van der Waals surface area contributed by atoms with Crippen molar-refractivity contribution in [1.29, 1.82) is 0 Å². The smallest absolute Gasteiger partial charge is 0.144 e. The lowest BCUT2D eigenvalue weighted by Gasteiger charge is -2.21. The summed E-state index contributed by atoms with van der Waals surface area (Å²) in [5.74, 6) is 1.99. The van der Waals surface area contributed by atoms with E-state index in [0.717, 1.165) is 6.42 Å². The third-order valence-electron chi connectivity index (χ3n) is 4.01. The van der Waals surface area contributed by atoms with Gasteiger partial charge in [-0.1, -0.05) is 0 Å². The van der Waals surface area contributed by atoms with Crippen molar-refractivity contribution < 1.29 is 9.59 Å². The van der Waals surface area contributed by atoms with Gasteiger partial charge in [-0.05, 0) is 31.1 Å². The minimum Gasteiger partial charge on any atom is -0.299 e. The van der Waals surface area contributed by atoms with Gasteiger partial charge in [0.05, 0.1) is 6.42 Å². The molecule has 2 bridgehead atoms. The molecule has 2 nitrogen and oxygen atoms in total. The first kappa shape index (κ1) is 6.81. The fourth-order valence-corrected chi connectivity index (χ4v) is 3.63. The van der Waals surface area contributed by atoms with Gasteiger partial charge in [-0.2, -0.15) is 0 Å². The van der Waals surface area contributed by atoms with Crippen molar-refractivity contribution in [3.05, 3.63) is 0 Å². The molecular formula is C10H12O2. The van der Waals surface area contributed by atoms with E-state index >= 15 is 0 Å². The maximum atomic E-state index is 11.4. The molecule has 0 radical (unpaired) electrons. The first-order valence-corrected chi connectivity index (χ1v) is 4.83. The average molecular weight is 164 g/mol. The third kappa shape index (κ3) is 0.621. The van der Waals surface area contributed by atoms with E-state index in [1.54, 1.807) is 0 Å². The van der Waals surface area contributed by atoms with Crippen molar-refractivity contribution in [2.24, 2.45) is 23.7 Å². The highest BCUT2D eigenvalue weighted by molar-refractivity contribution is 6.09. The summed E-state index contributed by atoms with van der Waals surface area (Å²) in [5, 5.41) is 0. The van der Waals surface area contributed by atoms with E-state index in [4.69, 9.17) is 0 Å². The molecule has 0 aliphatic heterocycles. The van der Waals surface area contributed by atoms with Gasteiger partial charge in [-0.25, -0.2) is 0 Å². The van der Waals surface area contributed by atoms with Gasteiger partial charge in [-0.15, -0.1) is 0 Å². The Bertz CT molecular complexity index is 243. The molecule has 3 aliphatic rings. The molecule has 3 fully saturated rings. The van der Waals surface area contributed by atoms with Crippen LogP contribution < -0.4 is 0 Å². The fourth-order valence-electron chi connectivity index (χ4n) is 3.63. The summed E-state index contributed by atoms with van der Waals surface area (Å²) in [6.45, 7) is 0. The minimum absolute atomic E-state index is 0.163. The third-order valence-corrected chi connectivity index (χ3v) is 4.01. The number of ketones is 2. The largest absolute Gasteiger partial charge is 0.299 e. The number of Topliss-reactive ketones (excluding diaryl/α,β-unsaturated/α-hetero) is 2. The first-order chi connectivity index (χ1) is 5.77. The normalized spacial score (nSPS) is 50.3. The van der Waals surface area contributed by atoms with Crippen LogP contribution in [0.1, 0.15) is 25.7 Å². The predicted octanol–water partition coefficient (Wildman–Crippen LogP) is 1.19.